The molecule has 5 N–H and O–H groups in total. The second kappa shape index (κ2) is 6.11. The van der Waals surface area contributed by atoms with E-state index in [-0.39, 0.29) is 6.61 Å². The Balaban J connectivity index is 3.51. The number of rotatable bonds is 7. The first-order valence-corrected chi connectivity index (χ1v) is 4.24. The standard InChI is InChI=1S/C8H18N2O2/c9-5-3-1-2-4-8(10,6-11)7-12/h6,12H,1-5,7,9-10H2. The third kappa shape index (κ3) is 4.43. The van der Waals surface area contributed by atoms with E-state index in [1.165, 1.54) is 0 Å². The molecule has 0 fully saturated rings. The molecule has 0 aromatic rings. The molecule has 0 aliphatic heterocycles. The monoisotopic (exact) mass is 174 g/mol. The van der Waals surface area contributed by atoms with Crippen LogP contribution < -0.4 is 11.5 Å². The van der Waals surface area contributed by atoms with Gasteiger partial charge in [0.2, 0.25) is 0 Å². The minimum atomic E-state index is -1.03. The fourth-order valence-electron chi connectivity index (χ4n) is 0.950. The van der Waals surface area contributed by atoms with Crippen molar-refractivity contribution in [1.82, 2.24) is 0 Å². The van der Waals surface area contributed by atoms with Crippen molar-refractivity contribution in [2.75, 3.05) is 13.2 Å². The first-order chi connectivity index (χ1) is 5.68. The van der Waals surface area contributed by atoms with Crippen LogP contribution in [-0.2, 0) is 4.79 Å². The summed E-state index contributed by atoms with van der Waals surface area (Å²) in [6, 6.07) is 0. The van der Waals surface area contributed by atoms with Crippen LogP contribution in [0.4, 0.5) is 0 Å². The number of carbonyl (C=O) groups is 1. The van der Waals surface area contributed by atoms with Crippen molar-refractivity contribution in [3.05, 3.63) is 0 Å². The maximum atomic E-state index is 10.4. The molecule has 72 valence electrons. The first-order valence-electron chi connectivity index (χ1n) is 4.24. The van der Waals surface area contributed by atoms with Crippen molar-refractivity contribution in [1.29, 1.82) is 0 Å². The van der Waals surface area contributed by atoms with Crippen LogP contribution in [0.1, 0.15) is 25.7 Å². The van der Waals surface area contributed by atoms with Gasteiger partial charge < -0.3 is 21.4 Å². The highest BCUT2D eigenvalue weighted by atomic mass is 16.3. The Bertz CT molecular complexity index is 130. The molecule has 0 saturated carbocycles. The second-order valence-corrected chi connectivity index (χ2v) is 3.11. The minimum Gasteiger partial charge on any atom is -0.394 e. The Kier molecular flexibility index (Phi) is 5.88. The smallest absolute Gasteiger partial charge is 0.142 e. The second-order valence-electron chi connectivity index (χ2n) is 3.11. The summed E-state index contributed by atoms with van der Waals surface area (Å²) in [4.78, 5) is 10.4. The van der Waals surface area contributed by atoms with Gasteiger partial charge in [-0.25, -0.2) is 0 Å². The third-order valence-corrected chi connectivity index (χ3v) is 1.88. The molecule has 0 bridgehead atoms. The molecular weight excluding hydrogens is 156 g/mol. The van der Waals surface area contributed by atoms with Crippen molar-refractivity contribution in [2.24, 2.45) is 11.5 Å². The van der Waals surface area contributed by atoms with Crippen molar-refractivity contribution < 1.29 is 9.90 Å². The Morgan fingerprint density at radius 1 is 1.33 bits per heavy atom. The molecule has 4 nitrogen and oxygen atoms in total. The van der Waals surface area contributed by atoms with Gasteiger partial charge in [-0.15, -0.1) is 0 Å². The lowest BCUT2D eigenvalue weighted by Crippen LogP contribution is -2.45. The van der Waals surface area contributed by atoms with Crippen LogP contribution in [0.3, 0.4) is 0 Å². The zero-order valence-corrected chi connectivity index (χ0v) is 7.33. The molecule has 4 heteroatoms. The number of nitrogens with two attached hydrogens (primary N) is 2. The average molecular weight is 174 g/mol. The summed E-state index contributed by atoms with van der Waals surface area (Å²) in [6.07, 6.45) is 3.90. The van der Waals surface area contributed by atoms with E-state index in [1.54, 1.807) is 0 Å². The summed E-state index contributed by atoms with van der Waals surface area (Å²) in [5.74, 6) is 0. The Labute approximate surface area is 72.9 Å². The SMILES string of the molecule is NCCCCCC(N)(C=O)CO. The summed E-state index contributed by atoms with van der Waals surface area (Å²) in [5.41, 5.74) is 9.79. The highest BCUT2D eigenvalue weighted by molar-refractivity contribution is 5.63. The van der Waals surface area contributed by atoms with Gasteiger partial charge in [-0.1, -0.05) is 12.8 Å². The molecule has 0 aliphatic rings. The quantitative estimate of drug-likeness (QED) is 0.355. The average Bonchev–Trinajstić information content (AvgIpc) is 2.12. The Morgan fingerprint density at radius 2 is 2.00 bits per heavy atom. The zero-order valence-electron chi connectivity index (χ0n) is 7.33. The predicted octanol–water partition coefficient (Wildman–Crippen LogP) is -0.606. The van der Waals surface area contributed by atoms with Gasteiger partial charge in [0.15, 0.2) is 0 Å². The largest absolute Gasteiger partial charge is 0.394 e. The van der Waals surface area contributed by atoms with Crippen molar-refractivity contribution in [2.45, 2.75) is 31.2 Å². The van der Waals surface area contributed by atoms with E-state index in [0.717, 1.165) is 19.3 Å². The van der Waals surface area contributed by atoms with Crippen molar-refractivity contribution in [3.8, 4) is 0 Å². The van der Waals surface area contributed by atoms with E-state index < -0.39 is 5.54 Å². The van der Waals surface area contributed by atoms with Gasteiger partial charge in [-0.05, 0) is 19.4 Å². The molecule has 12 heavy (non-hydrogen) atoms. The first kappa shape index (κ1) is 11.6. The van der Waals surface area contributed by atoms with Gasteiger partial charge in [0, 0.05) is 0 Å². The van der Waals surface area contributed by atoms with Gasteiger partial charge in [0.25, 0.3) is 0 Å². The Morgan fingerprint density at radius 3 is 2.42 bits per heavy atom. The molecule has 0 aromatic heterocycles. The summed E-state index contributed by atoms with van der Waals surface area (Å²) < 4.78 is 0. The van der Waals surface area contributed by atoms with Gasteiger partial charge in [-0.3, -0.25) is 0 Å². The van der Waals surface area contributed by atoms with E-state index in [9.17, 15) is 4.79 Å². The summed E-state index contributed by atoms with van der Waals surface area (Å²) >= 11 is 0. The number of aldehydes is 1. The molecule has 0 aromatic carbocycles. The van der Waals surface area contributed by atoms with Gasteiger partial charge >= 0.3 is 0 Å². The van der Waals surface area contributed by atoms with Crippen molar-refractivity contribution >= 4 is 6.29 Å². The number of unbranched alkanes of at least 4 members (excludes halogenated alkanes) is 2. The third-order valence-electron chi connectivity index (χ3n) is 1.88. The molecule has 0 rings (SSSR count). The molecule has 0 amide bonds. The summed E-state index contributed by atoms with van der Waals surface area (Å²) in [5, 5.41) is 8.76. The van der Waals surface area contributed by atoms with Crippen LogP contribution >= 0.6 is 0 Å². The van der Waals surface area contributed by atoms with Crippen LogP contribution in [0.2, 0.25) is 0 Å². The van der Waals surface area contributed by atoms with Crippen LogP contribution in [0.25, 0.3) is 0 Å². The molecule has 0 radical (unpaired) electrons. The molecule has 1 unspecified atom stereocenters. The number of aliphatic hydroxyl groups excluding tert-OH is 1. The van der Waals surface area contributed by atoms with E-state index in [4.69, 9.17) is 16.6 Å². The maximum absolute atomic E-state index is 10.4. The van der Waals surface area contributed by atoms with Crippen LogP contribution in [0, 0.1) is 0 Å². The molecule has 1 atom stereocenters. The lowest BCUT2D eigenvalue weighted by molar-refractivity contribution is -0.113. The van der Waals surface area contributed by atoms with Crippen LogP contribution in [0.5, 0.6) is 0 Å². The van der Waals surface area contributed by atoms with E-state index >= 15 is 0 Å². The van der Waals surface area contributed by atoms with E-state index in [1.807, 2.05) is 0 Å². The lowest BCUT2D eigenvalue weighted by atomic mass is 9.96. The highest BCUT2D eigenvalue weighted by Crippen LogP contribution is 2.09. The minimum absolute atomic E-state index is 0.279. The summed E-state index contributed by atoms with van der Waals surface area (Å²) in [6.45, 7) is 0.386. The molecule has 0 aliphatic carbocycles. The Hall–Kier alpha value is -0.450. The van der Waals surface area contributed by atoms with E-state index in [0.29, 0.717) is 19.3 Å². The van der Waals surface area contributed by atoms with Gasteiger partial charge in [0.05, 0.1) is 12.1 Å². The number of aliphatic hydroxyl groups is 1. The highest BCUT2D eigenvalue weighted by Gasteiger charge is 2.21. The molecule has 0 spiro atoms. The number of hydrogen-bond donors (Lipinski definition) is 3. The molecular formula is C8H18N2O2. The van der Waals surface area contributed by atoms with Gasteiger partial charge in [0.1, 0.15) is 6.29 Å². The van der Waals surface area contributed by atoms with Gasteiger partial charge in [-0.2, -0.15) is 0 Å². The topological polar surface area (TPSA) is 89.3 Å². The lowest BCUT2D eigenvalue weighted by Gasteiger charge is -2.19. The normalized spacial score (nSPS) is 15.6. The zero-order chi connectivity index (χ0) is 9.45. The van der Waals surface area contributed by atoms with Crippen LogP contribution in [-0.4, -0.2) is 30.1 Å². The number of hydrogen-bond acceptors (Lipinski definition) is 4. The summed E-state index contributed by atoms with van der Waals surface area (Å²) in [7, 11) is 0. The predicted molar refractivity (Wildman–Crippen MR) is 47.6 cm³/mol. The van der Waals surface area contributed by atoms with E-state index in [2.05, 4.69) is 0 Å². The van der Waals surface area contributed by atoms with Crippen LogP contribution in [0.15, 0.2) is 0 Å². The maximum Gasteiger partial charge on any atom is 0.142 e. The van der Waals surface area contributed by atoms with Crippen molar-refractivity contribution in [3.63, 3.8) is 0 Å². The fraction of sp³-hybridized carbons (Fsp3) is 0.875. The number of carbonyl (C=O) groups excluding carboxylic acids is 1. The molecule has 0 saturated heterocycles. The molecule has 0 heterocycles. The fourth-order valence-corrected chi connectivity index (χ4v) is 0.950.